The zero-order valence-electron chi connectivity index (χ0n) is 9.15. The van der Waals surface area contributed by atoms with Crippen LogP contribution in [0.15, 0.2) is 0 Å². The maximum absolute atomic E-state index is 11.4. The van der Waals surface area contributed by atoms with Crippen LogP contribution in [0.5, 0.6) is 0 Å². The number of imide groups is 1. The molecule has 0 N–H and O–H groups in total. The first-order valence-electron chi connectivity index (χ1n) is 4.89. The van der Waals surface area contributed by atoms with Gasteiger partial charge in [-0.25, -0.2) is 0 Å². The van der Waals surface area contributed by atoms with Crippen LogP contribution in [0, 0.1) is 5.92 Å². The third kappa shape index (κ3) is 2.16. The molecule has 5 nitrogen and oxygen atoms in total. The highest BCUT2D eigenvalue weighted by Crippen LogP contribution is 2.25. The molecular weight excluding hydrogens is 198 g/mol. The summed E-state index contributed by atoms with van der Waals surface area (Å²) in [5.41, 5.74) is 0. The minimum Gasteiger partial charge on any atom is -0.469 e. The Kier molecular flexibility index (Phi) is 3.44. The van der Waals surface area contributed by atoms with Gasteiger partial charge in [0, 0.05) is 13.3 Å². The molecule has 1 saturated heterocycles. The van der Waals surface area contributed by atoms with Crippen molar-refractivity contribution >= 4 is 17.8 Å². The molecule has 2 atom stereocenters. The molecule has 1 aliphatic heterocycles. The predicted molar refractivity (Wildman–Crippen MR) is 51.7 cm³/mol. The lowest BCUT2D eigenvalue weighted by Crippen LogP contribution is -2.43. The largest absolute Gasteiger partial charge is 0.469 e. The van der Waals surface area contributed by atoms with Crippen molar-refractivity contribution in [3.63, 3.8) is 0 Å². The van der Waals surface area contributed by atoms with Crippen molar-refractivity contribution in [3.8, 4) is 0 Å². The molecule has 0 spiro atoms. The van der Waals surface area contributed by atoms with E-state index in [0.29, 0.717) is 12.8 Å². The Morgan fingerprint density at radius 3 is 2.60 bits per heavy atom. The van der Waals surface area contributed by atoms with Crippen LogP contribution in [0.1, 0.15) is 26.7 Å². The van der Waals surface area contributed by atoms with E-state index < -0.39 is 5.92 Å². The minimum atomic E-state index is -0.453. The summed E-state index contributed by atoms with van der Waals surface area (Å²) < 4.78 is 4.60. The summed E-state index contributed by atoms with van der Waals surface area (Å²) >= 11 is 0. The molecule has 0 aromatic rings. The van der Waals surface area contributed by atoms with Crippen molar-refractivity contribution in [1.29, 1.82) is 0 Å². The quantitative estimate of drug-likeness (QED) is 0.620. The van der Waals surface area contributed by atoms with E-state index in [9.17, 15) is 14.4 Å². The van der Waals surface area contributed by atoms with E-state index in [4.69, 9.17) is 0 Å². The first-order chi connectivity index (χ1) is 6.99. The summed E-state index contributed by atoms with van der Waals surface area (Å²) in [6, 6.07) is -0.345. The number of esters is 1. The van der Waals surface area contributed by atoms with E-state index in [0.717, 1.165) is 0 Å². The molecule has 1 aliphatic rings. The van der Waals surface area contributed by atoms with Gasteiger partial charge in [-0.2, -0.15) is 0 Å². The molecule has 0 aromatic heterocycles. The lowest BCUT2D eigenvalue weighted by Gasteiger charge is -2.25. The van der Waals surface area contributed by atoms with Gasteiger partial charge in [-0.05, 0) is 13.3 Å². The SMILES string of the molecule is COC(=O)C(C)C1CCC(=O)N1C(C)=O. The van der Waals surface area contributed by atoms with Crippen LogP contribution in [-0.2, 0) is 19.1 Å². The Labute approximate surface area is 88.4 Å². The maximum atomic E-state index is 11.4. The average molecular weight is 213 g/mol. The van der Waals surface area contributed by atoms with Crippen molar-refractivity contribution in [2.24, 2.45) is 5.92 Å². The molecule has 2 amide bonds. The molecule has 5 heteroatoms. The molecule has 0 saturated carbocycles. The lowest BCUT2D eigenvalue weighted by atomic mass is 10.00. The third-order valence-corrected chi connectivity index (χ3v) is 2.74. The summed E-state index contributed by atoms with van der Waals surface area (Å²) in [7, 11) is 1.30. The van der Waals surface area contributed by atoms with Gasteiger partial charge in [0.05, 0.1) is 19.1 Å². The number of amides is 2. The highest BCUT2D eigenvalue weighted by atomic mass is 16.5. The van der Waals surface area contributed by atoms with Gasteiger partial charge >= 0.3 is 5.97 Å². The van der Waals surface area contributed by atoms with E-state index in [2.05, 4.69) is 4.74 Å². The van der Waals surface area contributed by atoms with Gasteiger partial charge in [0.2, 0.25) is 11.8 Å². The van der Waals surface area contributed by atoms with E-state index >= 15 is 0 Å². The van der Waals surface area contributed by atoms with Crippen LogP contribution in [0.3, 0.4) is 0 Å². The highest BCUT2D eigenvalue weighted by Gasteiger charge is 2.40. The van der Waals surface area contributed by atoms with Gasteiger partial charge in [0.1, 0.15) is 0 Å². The monoisotopic (exact) mass is 213 g/mol. The molecule has 0 aromatic carbocycles. The Hall–Kier alpha value is -1.39. The third-order valence-electron chi connectivity index (χ3n) is 2.74. The number of likely N-dealkylation sites (tertiary alicyclic amines) is 1. The zero-order chi connectivity index (χ0) is 11.6. The molecule has 0 bridgehead atoms. The van der Waals surface area contributed by atoms with Crippen LogP contribution >= 0.6 is 0 Å². The smallest absolute Gasteiger partial charge is 0.310 e. The molecule has 2 unspecified atom stereocenters. The molecule has 1 fully saturated rings. The fourth-order valence-electron chi connectivity index (χ4n) is 1.93. The van der Waals surface area contributed by atoms with Crippen molar-refractivity contribution in [1.82, 2.24) is 4.90 Å². The molecule has 84 valence electrons. The number of ether oxygens (including phenoxy) is 1. The number of nitrogens with zero attached hydrogens (tertiary/aromatic N) is 1. The first-order valence-corrected chi connectivity index (χ1v) is 4.89. The van der Waals surface area contributed by atoms with Crippen LogP contribution < -0.4 is 0 Å². The van der Waals surface area contributed by atoms with Gasteiger partial charge in [0.25, 0.3) is 0 Å². The Morgan fingerprint density at radius 1 is 1.53 bits per heavy atom. The van der Waals surface area contributed by atoms with Crippen LogP contribution in [0.25, 0.3) is 0 Å². The summed E-state index contributed by atoms with van der Waals surface area (Å²) in [5.74, 6) is -1.35. The number of hydrogen-bond acceptors (Lipinski definition) is 4. The summed E-state index contributed by atoms with van der Waals surface area (Å²) in [6.07, 6.45) is 0.861. The Balaban J connectivity index is 2.81. The van der Waals surface area contributed by atoms with Crippen molar-refractivity contribution in [2.45, 2.75) is 32.7 Å². The molecule has 15 heavy (non-hydrogen) atoms. The number of hydrogen-bond donors (Lipinski definition) is 0. The first kappa shape index (κ1) is 11.7. The lowest BCUT2D eigenvalue weighted by molar-refractivity contribution is -0.150. The molecule has 0 aliphatic carbocycles. The standard InChI is InChI=1S/C10H15NO4/c1-6(10(14)15-3)8-4-5-9(13)11(8)7(2)12/h6,8H,4-5H2,1-3H3. The average Bonchev–Trinajstić information content (AvgIpc) is 2.57. The predicted octanol–water partition coefficient (Wildman–Crippen LogP) is 0.333. The maximum Gasteiger partial charge on any atom is 0.310 e. The zero-order valence-corrected chi connectivity index (χ0v) is 9.15. The number of rotatable bonds is 2. The van der Waals surface area contributed by atoms with Crippen molar-refractivity contribution in [3.05, 3.63) is 0 Å². The number of methoxy groups -OCH3 is 1. The summed E-state index contributed by atoms with van der Waals surface area (Å²) in [6.45, 7) is 3.01. The highest BCUT2D eigenvalue weighted by molar-refractivity contribution is 5.96. The fraction of sp³-hybridized carbons (Fsp3) is 0.700. The van der Waals surface area contributed by atoms with Crippen molar-refractivity contribution in [2.75, 3.05) is 7.11 Å². The Bertz CT molecular complexity index is 300. The topological polar surface area (TPSA) is 63.7 Å². The molecule has 1 heterocycles. The number of carbonyl (C=O) groups is 3. The minimum absolute atomic E-state index is 0.205. The summed E-state index contributed by atoms with van der Waals surface area (Å²) in [4.78, 5) is 35.1. The Morgan fingerprint density at radius 2 is 2.13 bits per heavy atom. The normalized spacial score (nSPS) is 22.7. The second-order valence-corrected chi connectivity index (χ2v) is 3.70. The van der Waals surface area contributed by atoms with Crippen LogP contribution in [-0.4, -0.2) is 35.8 Å². The van der Waals surface area contributed by atoms with Gasteiger partial charge < -0.3 is 4.74 Å². The van der Waals surface area contributed by atoms with Gasteiger partial charge in [-0.3, -0.25) is 19.3 Å². The number of carbonyl (C=O) groups excluding carboxylic acids is 3. The van der Waals surface area contributed by atoms with Gasteiger partial charge in [0.15, 0.2) is 0 Å². The van der Waals surface area contributed by atoms with Crippen LogP contribution in [0.4, 0.5) is 0 Å². The summed E-state index contributed by atoms with van der Waals surface area (Å²) in [5, 5.41) is 0. The van der Waals surface area contributed by atoms with E-state index in [1.807, 2.05) is 0 Å². The van der Waals surface area contributed by atoms with E-state index in [1.165, 1.54) is 18.9 Å². The molecule has 1 rings (SSSR count). The second kappa shape index (κ2) is 4.42. The molecule has 0 radical (unpaired) electrons. The fourth-order valence-corrected chi connectivity index (χ4v) is 1.93. The van der Waals surface area contributed by atoms with E-state index in [1.54, 1.807) is 6.92 Å². The van der Waals surface area contributed by atoms with Gasteiger partial charge in [-0.15, -0.1) is 0 Å². The van der Waals surface area contributed by atoms with Crippen molar-refractivity contribution < 1.29 is 19.1 Å². The molecular formula is C10H15NO4. The van der Waals surface area contributed by atoms with Crippen LogP contribution in [0.2, 0.25) is 0 Å². The van der Waals surface area contributed by atoms with Gasteiger partial charge in [-0.1, -0.05) is 0 Å². The second-order valence-electron chi connectivity index (χ2n) is 3.70. The van der Waals surface area contributed by atoms with E-state index in [-0.39, 0.29) is 23.8 Å².